The Kier molecular flexibility index (Phi) is 6.38. The maximum absolute atomic E-state index is 13.6. The first-order valence-corrected chi connectivity index (χ1v) is 11.9. The normalized spacial score (nSPS) is 11.3. The maximum Gasteiger partial charge on any atom is 0.278 e. The van der Waals surface area contributed by atoms with Crippen LogP contribution in [0.25, 0.3) is 21.9 Å². The van der Waals surface area contributed by atoms with Crippen LogP contribution in [0.1, 0.15) is 16.7 Å². The molecule has 3 aromatic carbocycles. The highest BCUT2D eigenvalue weighted by atomic mass is 35.5. The van der Waals surface area contributed by atoms with Crippen LogP contribution in [0.3, 0.4) is 0 Å². The Labute approximate surface area is 207 Å². The summed E-state index contributed by atoms with van der Waals surface area (Å²) in [7, 11) is 0. The molecule has 0 radical (unpaired) electrons. The molecule has 5 rings (SSSR count). The number of amides is 1. The third kappa shape index (κ3) is 4.70. The van der Waals surface area contributed by atoms with E-state index in [4.69, 9.17) is 11.6 Å². The van der Waals surface area contributed by atoms with Crippen LogP contribution in [0.2, 0.25) is 5.02 Å². The Balaban J connectivity index is 1.50. The van der Waals surface area contributed by atoms with E-state index in [1.165, 1.54) is 0 Å². The second-order valence-corrected chi connectivity index (χ2v) is 9.07. The molecule has 1 N–H and O–H groups in total. The fourth-order valence-corrected chi connectivity index (χ4v) is 4.59. The Bertz CT molecular complexity index is 1590. The van der Waals surface area contributed by atoms with Gasteiger partial charge in [0.2, 0.25) is 5.91 Å². The monoisotopic (exact) mass is 484 g/mol. The van der Waals surface area contributed by atoms with Gasteiger partial charge in [-0.1, -0.05) is 71.8 Å². The van der Waals surface area contributed by atoms with Crippen molar-refractivity contribution in [1.29, 1.82) is 0 Å². The summed E-state index contributed by atoms with van der Waals surface area (Å²) in [5.74, 6) is -0.152. The number of aromatic nitrogens is 3. The van der Waals surface area contributed by atoms with E-state index >= 15 is 0 Å². The van der Waals surface area contributed by atoms with Crippen LogP contribution < -0.4 is 10.9 Å². The minimum atomic E-state index is -0.208. The van der Waals surface area contributed by atoms with E-state index in [2.05, 4.69) is 10.3 Å². The summed E-state index contributed by atoms with van der Waals surface area (Å²) >= 11 is 6.33. The number of fused-ring (bicyclic) bond motifs is 3. The smallest absolute Gasteiger partial charge is 0.278 e. The molecule has 35 heavy (non-hydrogen) atoms. The number of hydrogen-bond acceptors (Lipinski definition) is 3. The number of nitrogens with one attached hydrogen (secondary N) is 1. The molecule has 176 valence electrons. The van der Waals surface area contributed by atoms with Gasteiger partial charge in [-0.3, -0.25) is 14.2 Å². The maximum atomic E-state index is 13.6. The summed E-state index contributed by atoms with van der Waals surface area (Å²) in [6.07, 6.45) is 2.30. The van der Waals surface area contributed by atoms with Crippen LogP contribution >= 0.6 is 11.6 Å². The van der Waals surface area contributed by atoms with Gasteiger partial charge >= 0.3 is 0 Å². The molecule has 0 aliphatic heterocycles. The second-order valence-electron chi connectivity index (χ2n) is 8.66. The van der Waals surface area contributed by atoms with Gasteiger partial charge in [0, 0.05) is 17.0 Å². The SMILES string of the molecule is Cc1ccc2c(c1)c1ncn(Cc3ccccc3Cl)c(=O)c1n2CC(=O)NCCc1ccccc1. The van der Waals surface area contributed by atoms with Crippen molar-refractivity contribution in [3.63, 3.8) is 0 Å². The van der Waals surface area contributed by atoms with E-state index in [0.717, 1.165) is 34.0 Å². The van der Waals surface area contributed by atoms with Gasteiger partial charge in [0.05, 0.1) is 18.4 Å². The van der Waals surface area contributed by atoms with Gasteiger partial charge in [0.25, 0.3) is 5.56 Å². The third-order valence-corrected chi connectivity index (χ3v) is 6.53. The van der Waals surface area contributed by atoms with E-state index in [9.17, 15) is 9.59 Å². The van der Waals surface area contributed by atoms with E-state index in [1.54, 1.807) is 21.5 Å². The molecule has 0 aliphatic carbocycles. The lowest BCUT2D eigenvalue weighted by Crippen LogP contribution is -2.31. The van der Waals surface area contributed by atoms with Gasteiger partial charge in [-0.25, -0.2) is 4.98 Å². The van der Waals surface area contributed by atoms with Gasteiger partial charge < -0.3 is 9.88 Å². The number of halogens is 1. The fraction of sp³-hybridized carbons (Fsp3) is 0.179. The molecule has 0 atom stereocenters. The zero-order chi connectivity index (χ0) is 24.4. The molecular weight excluding hydrogens is 460 g/mol. The first-order chi connectivity index (χ1) is 17.0. The van der Waals surface area contributed by atoms with Gasteiger partial charge in [0.1, 0.15) is 17.6 Å². The molecule has 0 fully saturated rings. The highest BCUT2D eigenvalue weighted by Crippen LogP contribution is 2.26. The number of carbonyl (C=O) groups excluding carboxylic acids is 1. The predicted molar refractivity (Wildman–Crippen MR) is 140 cm³/mol. The minimum Gasteiger partial charge on any atom is -0.354 e. The van der Waals surface area contributed by atoms with Gasteiger partial charge in [-0.15, -0.1) is 0 Å². The average Bonchev–Trinajstić information content (AvgIpc) is 3.16. The lowest BCUT2D eigenvalue weighted by molar-refractivity contribution is -0.121. The molecule has 1 amide bonds. The molecular formula is C28H25ClN4O2. The van der Waals surface area contributed by atoms with Crippen molar-refractivity contribution in [3.05, 3.63) is 111 Å². The van der Waals surface area contributed by atoms with Crippen molar-refractivity contribution in [3.8, 4) is 0 Å². The first-order valence-electron chi connectivity index (χ1n) is 11.5. The third-order valence-electron chi connectivity index (χ3n) is 6.16. The van der Waals surface area contributed by atoms with Crippen LogP contribution in [0.4, 0.5) is 0 Å². The lowest BCUT2D eigenvalue weighted by Gasteiger charge is -2.10. The Morgan fingerprint density at radius 2 is 1.80 bits per heavy atom. The highest BCUT2D eigenvalue weighted by Gasteiger charge is 2.19. The number of carbonyl (C=O) groups is 1. The van der Waals surface area contributed by atoms with E-state index < -0.39 is 0 Å². The van der Waals surface area contributed by atoms with Crippen molar-refractivity contribution in [1.82, 2.24) is 19.4 Å². The number of aryl methyl sites for hydroxylation is 1. The molecule has 0 bridgehead atoms. The zero-order valence-electron chi connectivity index (χ0n) is 19.4. The van der Waals surface area contributed by atoms with Gasteiger partial charge in [0.15, 0.2) is 0 Å². The molecule has 5 aromatic rings. The molecule has 0 saturated carbocycles. The number of nitrogens with zero attached hydrogens (tertiary/aromatic N) is 3. The summed E-state index contributed by atoms with van der Waals surface area (Å²) in [5, 5.41) is 4.44. The van der Waals surface area contributed by atoms with Crippen LogP contribution in [0, 0.1) is 6.92 Å². The molecule has 0 saturated heterocycles. The summed E-state index contributed by atoms with van der Waals surface area (Å²) in [6.45, 7) is 2.85. The van der Waals surface area contributed by atoms with Crippen LogP contribution in [0.15, 0.2) is 83.9 Å². The zero-order valence-corrected chi connectivity index (χ0v) is 20.1. The second kappa shape index (κ2) is 9.76. The molecule has 2 heterocycles. The van der Waals surface area contributed by atoms with Crippen molar-refractivity contribution in [2.45, 2.75) is 26.4 Å². The topological polar surface area (TPSA) is 68.9 Å². The summed E-state index contributed by atoms with van der Waals surface area (Å²) < 4.78 is 3.32. The molecule has 0 aliphatic rings. The van der Waals surface area contributed by atoms with Gasteiger partial charge in [-0.2, -0.15) is 0 Å². The fourth-order valence-electron chi connectivity index (χ4n) is 4.39. The molecule has 6 nitrogen and oxygen atoms in total. The summed E-state index contributed by atoms with van der Waals surface area (Å²) in [6, 6.07) is 23.4. The van der Waals surface area contributed by atoms with E-state index in [0.29, 0.717) is 29.1 Å². The predicted octanol–water partition coefficient (Wildman–Crippen LogP) is 4.72. The molecule has 7 heteroatoms. The van der Waals surface area contributed by atoms with Crippen LogP contribution in [-0.2, 0) is 24.3 Å². The standard InChI is InChI=1S/C28H25ClN4O2/c1-19-11-12-24-22(15-19)26-27(28(35)32(18-31-26)16-21-9-5-6-10-23(21)29)33(24)17-25(34)30-14-13-20-7-3-2-4-8-20/h2-12,15,18H,13-14,16-17H2,1H3,(H,30,34). The Morgan fingerprint density at radius 3 is 2.60 bits per heavy atom. The molecule has 0 spiro atoms. The highest BCUT2D eigenvalue weighted by molar-refractivity contribution is 6.31. The Hall–Kier alpha value is -3.90. The van der Waals surface area contributed by atoms with Gasteiger partial charge in [-0.05, 0) is 42.7 Å². The number of benzene rings is 3. The van der Waals surface area contributed by atoms with Crippen molar-refractivity contribution in [2.24, 2.45) is 0 Å². The summed E-state index contributed by atoms with van der Waals surface area (Å²) in [5.41, 5.74) is 4.66. The average molecular weight is 485 g/mol. The van der Waals surface area contributed by atoms with Crippen LogP contribution in [-0.4, -0.2) is 26.6 Å². The number of hydrogen-bond donors (Lipinski definition) is 1. The molecule has 0 unspecified atom stereocenters. The molecule has 2 aromatic heterocycles. The first kappa shape index (κ1) is 22.9. The summed E-state index contributed by atoms with van der Waals surface area (Å²) in [4.78, 5) is 31.2. The van der Waals surface area contributed by atoms with Crippen LogP contribution in [0.5, 0.6) is 0 Å². The lowest BCUT2D eigenvalue weighted by atomic mass is 10.1. The van der Waals surface area contributed by atoms with Crippen molar-refractivity contribution >= 4 is 39.4 Å². The van der Waals surface area contributed by atoms with Crippen molar-refractivity contribution < 1.29 is 4.79 Å². The minimum absolute atomic E-state index is 0.0326. The van der Waals surface area contributed by atoms with E-state index in [1.807, 2.05) is 73.7 Å². The van der Waals surface area contributed by atoms with E-state index in [-0.39, 0.29) is 18.0 Å². The van der Waals surface area contributed by atoms with Crippen molar-refractivity contribution in [2.75, 3.05) is 6.54 Å². The largest absolute Gasteiger partial charge is 0.354 e. The quantitative estimate of drug-likeness (QED) is 0.363. The number of rotatable bonds is 7. The Morgan fingerprint density at radius 1 is 1.03 bits per heavy atom.